The molecule has 122 valence electrons. The monoisotopic (exact) mass is 343 g/mol. The van der Waals surface area contributed by atoms with Crippen molar-refractivity contribution < 1.29 is 22.7 Å². The van der Waals surface area contributed by atoms with E-state index in [0.717, 1.165) is 12.1 Å². The van der Waals surface area contributed by atoms with E-state index in [2.05, 4.69) is 5.32 Å². The Hall–Kier alpha value is -2.21. The predicted octanol–water partition coefficient (Wildman–Crippen LogP) is 4.76. The first-order valence-electron chi connectivity index (χ1n) is 6.66. The standard InChI is InChI=1S/C16H13ClF3NO2/c1-10(23-14-4-2-3-12(17)9-14)15(22)21-13-7-5-11(6-8-13)16(18,19)20/h2-10H,1H3,(H,21,22). The number of rotatable bonds is 4. The molecule has 7 heteroatoms. The second-order valence-corrected chi connectivity index (χ2v) is 5.22. The largest absolute Gasteiger partial charge is 0.481 e. The molecule has 0 radical (unpaired) electrons. The summed E-state index contributed by atoms with van der Waals surface area (Å²) in [5.74, 6) is -0.0581. The van der Waals surface area contributed by atoms with Gasteiger partial charge in [0.1, 0.15) is 5.75 Å². The third-order valence-corrected chi connectivity index (χ3v) is 3.19. The van der Waals surface area contributed by atoms with Gasteiger partial charge in [-0.25, -0.2) is 0 Å². The van der Waals surface area contributed by atoms with Gasteiger partial charge in [-0.1, -0.05) is 17.7 Å². The van der Waals surface area contributed by atoms with E-state index in [1.807, 2.05) is 0 Å². The first-order chi connectivity index (χ1) is 10.8. The fourth-order valence-corrected chi connectivity index (χ4v) is 1.96. The van der Waals surface area contributed by atoms with Crippen LogP contribution in [0, 0.1) is 0 Å². The number of alkyl halides is 3. The molecule has 0 bridgehead atoms. The average Bonchev–Trinajstić information content (AvgIpc) is 2.46. The average molecular weight is 344 g/mol. The Balaban J connectivity index is 1.98. The van der Waals surface area contributed by atoms with E-state index < -0.39 is 23.8 Å². The van der Waals surface area contributed by atoms with Crippen LogP contribution in [0.15, 0.2) is 48.5 Å². The van der Waals surface area contributed by atoms with E-state index in [4.69, 9.17) is 16.3 Å². The molecular formula is C16H13ClF3NO2. The summed E-state index contributed by atoms with van der Waals surface area (Å²) in [4.78, 5) is 12.0. The van der Waals surface area contributed by atoms with Gasteiger partial charge in [0.05, 0.1) is 5.56 Å². The maximum atomic E-state index is 12.5. The highest BCUT2D eigenvalue weighted by Gasteiger charge is 2.30. The van der Waals surface area contributed by atoms with Crippen LogP contribution in [0.25, 0.3) is 0 Å². The van der Waals surface area contributed by atoms with Gasteiger partial charge in [-0.3, -0.25) is 4.79 Å². The van der Waals surface area contributed by atoms with Crippen LogP contribution in [-0.4, -0.2) is 12.0 Å². The topological polar surface area (TPSA) is 38.3 Å². The highest BCUT2D eigenvalue weighted by Crippen LogP contribution is 2.29. The normalized spacial score (nSPS) is 12.6. The molecule has 0 saturated carbocycles. The maximum Gasteiger partial charge on any atom is 0.416 e. The van der Waals surface area contributed by atoms with Gasteiger partial charge < -0.3 is 10.1 Å². The number of carbonyl (C=O) groups is 1. The number of hydrogen-bond donors (Lipinski definition) is 1. The third kappa shape index (κ3) is 4.89. The smallest absolute Gasteiger partial charge is 0.416 e. The van der Waals surface area contributed by atoms with Gasteiger partial charge in [0, 0.05) is 10.7 Å². The van der Waals surface area contributed by atoms with Crippen LogP contribution >= 0.6 is 11.6 Å². The summed E-state index contributed by atoms with van der Waals surface area (Å²) in [5, 5.41) is 2.96. The molecule has 3 nitrogen and oxygen atoms in total. The Bertz CT molecular complexity index is 686. The van der Waals surface area contributed by atoms with Crippen molar-refractivity contribution in [2.75, 3.05) is 5.32 Å². The van der Waals surface area contributed by atoms with Crippen molar-refractivity contribution in [2.24, 2.45) is 0 Å². The third-order valence-electron chi connectivity index (χ3n) is 2.96. The summed E-state index contributed by atoms with van der Waals surface area (Å²) >= 11 is 5.82. The molecule has 1 amide bonds. The van der Waals surface area contributed by atoms with Crippen molar-refractivity contribution in [3.05, 3.63) is 59.1 Å². The minimum Gasteiger partial charge on any atom is -0.481 e. The molecule has 1 N–H and O–H groups in total. The molecule has 0 aliphatic rings. The van der Waals surface area contributed by atoms with E-state index in [0.29, 0.717) is 10.8 Å². The molecule has 0 aliphatic carbocycles. The first-order valence-corrected chi connectivity index (χ1v) is 7.04. The molecule has 0 fully saturated rings. The van der Waals surface area contributed by atoms with E-state index in [-0.39, 0.29) is 5.69 Å². The van der Waals surface area contributed by atoms with Gasteiger partial charge in [0.2, 0.25) is 0 Å². The van der Waals surface area contributed by atoms with Crippen LogP contribution in [0.3, 0.4) is 0 Å². The lowest BCUT2D eigenvalue weighted by Crippen LogP contribution is -2.30. The number of carbonyl (C=O) groups excluding carboxylic acids is 1. The van der Waals surface area contributed by atoms with E-state index in [1.54, 1.807) is 24.3 Å². The second kappa shape index (κ2) is 6.91. The van der Waals surface area contributed by atoms with Crippen molar-refractivity contribution in [1.82, 2.24) is 0 Å². The van der Waals surface area contributed by atoms with Crippen molar-refractivity contribution >= 4 is 23.2 Å². The molecule has 0 aromatic heterocycles. The highest BCUT2D eigenvalue weighted by atomic mass is 35.5. The zero-order chi connectivity index (χ0) is 17.0. The number of benzene rings is 2. The molecule has 0 heterocycles. The number of nitrogens with one attached hydrogen (secondary N) is 1. The zero-order valence-electron chi connectivity index (χ0n) is 12.0. The molecule has 1 unspecified atom stereocenters. The Morgan fingerprint density at radius 2 is 1.83 bits per heavy atom. The Kier molecular flexibility index (Phi) is 5.15. The predicted molar refractivity (Wildman–Crippen MR) is 81.6 cm³/mol. The molecular weight excluding hydrogens is 331 g/mol. The number of amides is 1. The van der Waals surface area contributed by atoms with Crippen LogP contribution in [0.4, 0.5) is 18.9 Å². The van der Waals surface area contributed by atoms with Gasteiger partial charge in [-0.2, -0.15) is 13.2 Å². The highest BCUT2D eigenvalue weighted by molar-refractivity contribution is 6.30. The summed E-state index contributed by atoms with van der Waals surface area (Å²) in [6, 6.07) is 10.7. The maximum absolute atomic E-state index is 12.5. The van der Waals surface area contributed by atoms with E-state index >= 15 is 0 Å². The number of halogens is 4. The zero-order valence-corrected chi connectivity index (χ0v) is 12.8. The Labute approximate surface area is 136 Å². The van der Waals surface area contributed by atoms with Gasteiger partial charge in [0.25, 0.3) is 5.91 Å². The Morgan fingerprint density at radius 1 is 1.17 bits per heavy atom. The Morgan fingerprint density at radius 3 is 2.39 bits per heavy atom. The SMILES string of the molecule is CC(Oc1cccc(Cl)c1)C(=O)Nc1ccc(C(F)(F)F)cc1. The van der Waals surface area contributed by atoms with Crippen molar-refractivity contribution in [3.63, 3.8) is 0 Å². The van der Waals surface area contributed by atoms with Crippen molar-refractivity contribution in [3.8, 4) is 5.75 Å². The van der Waals surface area contributed by atoms with Crippen LogP contribution < -0.4 is 10.1 Å². The van der Waals surface area contributed by atoms with E-state index in [1.165, 1.54) is 19.1 Å². The van der Waals surface area contributed by atoms with Crippen LogP contribution in [0.5, 0.6) is 5.75 Å². The lowest BCUT2D eigenvalue weighted by Gasteiger charge is -2.15. The number of anilines is 1. The molecule has 0 aliphatic heterocycles. The van der Waals surface area contributed by atoms with Gasteiger partial charge in [0.15, 0.2) is 6.10 Å². The van der Waals surface area contributed by atoms with Gasteiger partial charge in [-0.15, -0.1) is 0 Å². The molecule has 2 aromatic rings. The molecule has 1 atom stereocenters. The lowest BCUT2D eigenvalue weighted by atomic mass is 10.2. The minimum atomic E-state index is -4.41. The second-order valence-electron chi connectivity index (χ2n) is 4.78. The van der Waals surface area contributed by atoms with Gasteiger partial charge in [-0.05, 0) is 49.4 Å². The molecule has 2 aromatic carbocycles. The first kappa shape index (κ1) is 17.1. The molecule has 2 rings (SSSR count). The fraction of sp³-hybridized carbons (Fsp3) is 0.188. The van der Waals surface area contributed by atoms with Crippen LogP contribution in [0.2, 0.25) is 5.02 Å². The van der Waals surface area contributed by atoms with Crippen molar-refractivity contribution in [1.29, 1.82) is 0 Å². The summed E-state index contributed by atoms with van der Waals surface area (Å²) < 4.78 is 42.8. The number of hydrogen-bond acceptors (Lipinski definition) is 2. The lowest BCUT2D eigenvalue weighted by molar-refractivity contribution is -0.137. The quantitative estimate of drug-likeness (QED) is 0.868. The summed E-state index contributed by atoms with van der Waals surface area (Å²) in [5.41, 5.74) is -0.525. The fourth-order valence-electron chi connectivity index (χ4n) is 1.78. The van der Waals surface area contributed by atoms with Crippen molar-refractivity contribution in [2.45, 2.75) is 19.2 Å². The summed E-state index contributed by atoms with van der Waals surface area (Å²) in [6.45, 7) is 1.53. The molecule has 0 saturated heterocycles. The molecule has 0 spiro atoms. The minimum absolute atomic E-state index is 0.254. The summed E-state index contributed by atoms with van der Waals surface area (Å²) in [6.07, 6.45) is -5.25. The molecule has 23 heavy (non-hydrogen) atoms. The van der Waals surface area contributed by atoms with Gasteiger partial charge >= 0.3 is 6.18 Å². The number of ether oxygens (including phenoxy) is 1. The van der Waals surface area contributed by atoms with E-state index in [9.17, 15) is 18.0 Å². The van der Waals surface area contributed by atoms with Crippen LogP contribution in [-0.2, 0) is 11.0 Å². The van der Waals surface area contributed by atoms with Crippen LogP contribution in [0.1, 0.15) is 12.5 Å². The summed E-state index contributed by atoms with van der Waals surface area (Å²) in [7, 11) is 0.